The molecule has 0 spiro atoms. The van der Waals surface area contributed by atoms with Gasteiger partial charge in [0, 0.05) is 29.7 Å². The van der Waals surface area contributed by atoms with Crippen LogP contribution >= 0.6 is 23.2 Å². The molecule has 0 amide bonds. The second-order valence-electron chi connectivity index (χ2n) is 4.25. The van der Waals surface area contributed by atoms with Crippen molar-refractivity contribution in [3.63, 3.8) is 0 Å². The summed E-state index contributed by atoms with van der Waals surface area (Å²) in [4.78, 5) is 0. The number of hydrogen-bond donors (Lipinski definition) is 2. The van der Waals surface area contributed by atoms with E-state index in [2.05, 4.69) is 10.0 Å². The maximum Gasteiger partial charge on any atom is 0.212 e. The van der Waals surface area contributed by atoms with Crippen LogP contribution in [0.5, 0.6) is 0 Å². The molecule has 0 bridgehead atoms. The molecule has 1 aromatic carbocycles. The van der Waals surface area contributed by atoms with Gasteiger partial charge in [0.15, 0.2) is 0 Å². The molecular formula is C12H17Cl2FN2O2S. The molecule has 0 saturated heterocycles. The van der Waals surface area contributed by atoms with Gasteiger partial charge in [-0.15, -0.1) is 0 Å². The van der Waals surface area contributed by atoms with Crippen molar-refractivity contribution < 1.29 is 12.8 Å². The van der Waals surface area contributed by atoms with Gasteiger partial charge >= 0.3 is 0 Å². The summed E-state index contributed by atoms with van der Waals surface area (Å²) in [6, 6.07) is 2.25. The second kappa shape index (κ2) is 7.56. The topological polar surface area (TPSA) is 58.2 Å². The van der Waals surface area contributed by atoms with Gasteiger partial charge in [0.1, 0.15) is 5.82 Å². The zero-order valence-electron chi connectivity index (χ0n) is 11.2. The number of sulfonamides is 1. The molecular weight excluding hydrogens is 326 g/mol. The van der Waals surface area contributed by atoms with Gasteiger partial charge in [-0.3, -0.25) is 0 Å². The molecule has 2 N–H and O–H groups in total. The van der Waals surface area contributed by atoms with Crippen molar-refractivity contribution in [2.24, 2.45) is 0 Å². The lowest BCUT2D eigenvalue weighted by Gasteiger charge is -2.17. The quantitative estimate of drug-likeness (QED) is 0.749. The van der Waals surface area contributed by atoms with Gasteiger partial charge in [0.2, 0.25) is 10.0 Å². The zero-order chi connectivity index (χ0) is 15.3. The van der Waals surface area contributed by atoms with Crippen LogP contribution in [-0.2, 0) is 10.0 Å². The molecule has 0 fully saturated rings. The van der Waals surface area contributed by atoms with Crippen LogP contribution < -0.4 is 10.0 Å². The lowest BCUT2D eigenvalue weighted by molar-refractivity contribution is 0.560. The number of nitrogens with one attached hydrogen (secondary N) is 2. The standard InChI is InChI=1S/C12H17Cl2FN2O2S/c1-3-17-20(18,19)7-6-16-8(2)11-9(13)4-5-10(15)12(11)14/h4-5,8,16-17H,3,6-7H2,1-2H3. The van der Waals surface area contributed by atoms with Crippen LogP contribution in [0.1, 0.15) is 25.5 Å². The smallest absolute Gasteiger partial charge is 0.212 e. The summed E-state index contributed by atoms with van der Waals surface area (Å²) in [6.45, 7) is 4.01. The molecule has 0 heterocycles. The highest BCUT2D eigenvalue weighted by Crippen LogP contribution is 2.32. The van der Waals surface area contributed by atoms with Gasteiger partial charge in [0.05, 0.1) is 10.8 Å². The number of halogens is 3. The van der Waals surface area contributed by atoms with Crippen molar-refractivity contribution in [2.45, 2.75) is 19.9 Å². The molecule has 0 aliphatic carbocycles. The first-order valence-electron chi connectivity index (χ1n) is 6.12. The molecule has 0 aromatic heterocycles. The van der Waals surface area contributed by atoms with Gasteiger partial charge in [-0.05, 0) is 19.1 Å². The molecule has 1 aromatic rings. The van der Waals surface area contributed by atoms with Gasteiger partial charge in [0.25, 0.3) is 0 Å². The van der Waals surface area contributed by atoms with Crippen LogP contribution in [0.25, 0.3) is 0 Å². The highest BCUT2D eigenvalue weighted by atomic mass is 35.5. The molecule has 20 heavy (non-hydrogen) atoms. The maximum atomic E-state index is 13.4. The van der Waals surface area contributed by atoms with E-state index in [0.717, 1.165) is 0 Å². The summed E-state index contributed by atoms with van der Waals surface area (Å²) in [5.41, 5.74) is 0.425. The Bertz CT molecular complexity index is 567. The molecule has 8 heteroatoms. The Labute approximate surface area is 128 Å². The number of rotatable bonds is 7. The van der Waals surface area contributed by atoms with Gasteiger partial charge < -0.3 is 5.32 Å². The average molecular weight is 343 g/mol. The van der Waals surface area contributed by atoms with Crippen LogP contribution in [0.3, 0.4) is 0 Å². The summed E-state index contributed by atoms with van der Waals surface area (Å²) in [5, 5.41) is 3.26. The normalized spacial score (nSPS) is 13.4. The van der Waals surface area contributed by atoms with Crippen LogP contribution in [0, 0.1) is 5.82 Å². The summed E-state index contributed by atoms with van der Waals surface area (Å²) >= 11 is 11.9. The van der Waals surface area contributed by atoms with E-state index in [0.29, 0.717) is 17.1 Å². The van der Waals surface area contributed by atoms with Gasteiger partial charge in [-0.1, -0.05) is 30.1 Å². The largest absolute Gasteiger partial charge is 0.309 e. The van der Waals surface area contributed by atoms with E-state index in [-0.39, 0.29) is 23.4 Å². The van der Waals surface area contributed by atoms with Crippen molar-refractivity contribution >= 4 is 33.2 Å². The minimum Gasteiger partial charge on any atom is -0.309 e. The maximum absolute atomic E-state index is 13.4. The lowest BCUT2D eigenvalue weighted by Crippen LogP contribution is -2.32. The fraction of sp³-hybridized carbons (Fsp3) is 0.500. The highest BCUT2D eigenvalue weighted by Gasteiger charge is 2.17. The first-order chi connectivity index (χ1) is 9.28. The average Bonchev–Trinajstić information content (AvgIpc) is 2.34. The third-order valence-electron chi connectivity index (χ3n) is 2.70. The minimum atomic E-state index is -3.29. The SMILES string of the molecule is CCNS(=O)(=O)CCNC(C)c1c(Cl)ccc(F)c1Cl. The fourth-order valence-corrected chi connectivity index (χ4v) is 3.41. The zero-order valence-corrected chi connectivity index (χ0v) is 13.5. The molecule has 1 rings (SSSR count). The molecule has 0 aliphatic rings. The number of hydrogen-bond acceptors (Lipinski definition) is 3. The van der Waals surface area contributed by atoms with Crippen LogP contribution in [0.15, 0.2) is 12.1 Å². The first kappa shape index (κ1) is 17.7. The highest BCUT2D eigenvalue weighted by molar-refractivity contribution is 7.89. The van der Waals surface area contributed by atoms with E-state index in [1.54, 1.807) is 13.8 Å². The van der Waals surface area contributed by atoms with E-state index in [1.807, 2.05) is 0 Å². The summed E-state index contributed by atoms with van der Waals surface area (Å²) < 4.78 is 38.7. The van der Waals surface area contributed by atoms with E-state index in [1.165, 1.54) is 12.1 Å². The summed E-state index contributed by atoms with van der Waals surface area (Å²) in [7, 11) is -3.29. The third-order valence-corrected chi connectivity index (χ3v) is 4.88. The van der Waals surface area contributed by atoms with Crippen molar-refractivity contribution in [1.82, 2.24) is 10.0 Å². The lowest BCUT2D eigenvalue weighted by atomic mass is 10.1. The third kappa shape index (κ3) is 4.86. The molecule has 114 valence electrons. The monoisotopic (exact) mass is 342 g/mol. The summed E-state index contributed by atoms with van der Waals surface area (Å²) in [6.07, 6.45) is 0. The predicted molar refractivity (Wildman–Crippen MR) is 80.3 cm³/mol. The van der Waals surface area contributed by atoms with Crippen molar-refractivity contribution in [3.05, 3.63) is 33.6 Å². The van der Waals surface area contributed by atoms with Crippen LogP contribution in [0.4, 0.5) is 4.39 Å². The Morgan fingerprint density at radius 1 is 1.35 bits per heavy atom. The molecule has 0 saturated carbocycles. The summed E-state index contributed by atoms with van der Waals surface area (Å²) in [5.74, 6) is -0.629. The Kier molecular flexibility index (Phi) is 6.68. The van der Waals surface area contributed by atoms with Crippen molar-refractivity contribution in [1.29, 1.82) is 0 Å². The second-order valence-corrected chi connectivity index (χ2v) is 6.96. The molecule has 4 nitrogen and oxygen atoms in total. The Balaban J connectivity index is 2.69. The Morgan fingerprint density at radius 2 is 2.00 bits per heavy atom. The minimum absolute atomic E-state index is 0.0490. The van der Waals surface area contributed by atoms with Crippen LogP contribution in [-0.4, -0.2) is 27.3 Å². The van der Waals surface area contributed by atoms with Crippen LogP contribution in [0.2, 0.25) is 10.0 Å². The fourth-order valence-electron chi connectivity index (χ4n) is 1.74. The predicted octanol–water partition coefficient (Wildman–Crippen LogP) is 2.72. The van der Waals surface area contributed by atoms with Crippen molar-refractivity contribution in [3.8, 4) is 0 Å². The number of benzene rings is 1. The van der Waals surface area contributed by atoms with E-state index in [4.69, 9.17) is 23.2 Å². The Morgan fingerprint density at radius 3 is 2.60 bits per heavy atom. The molecule has 0 aliphatic heterocycles. The van der Waals surface area contributed by atoms with Gasteiger partial charge in [-0.2, -0.15) is 0 Å². The molecule has 1 unspecified atom stereocenters. The molecule has 1 atom stereocenters. The van der Waals surface area contributed by atoms with E-state index >= 15 is 0 Å². The Hall–Kier alpha value is -0.400. The van der Waals surface area contributed by atoms with Gasteiger partial charge in [-0.25, -0.2) is 17.5 Å². The van der Waals surface area contributed by atoms with Crippen molar-refractivity contribution in [2.75, 3.05) is 18.8 Å². The first-order valence-corrected chi connectivity index (χ1v) is 8.53. The molecule has 0 radical (unpaired) electrons. The van der Waals surface area contributed by atoms with E-state index < -0.39 is 15.8 Å². The van der Waals surface area contributed by atoms with E-state index in [9.17, 15) is 12.8 Å².